The van der Waals surface area contributed by atoms with Crippen LogP contribution in [0.1, 0.15) is 5.76 Å². The highest BCUT2D eigenvalue weighted by Crippen LogP contribution is 2.32. The van der Waals surface area contributed by atoms with Crippen LogP contribution in [0.2, 0.25) is 15.1 Å². The summed E-state index contributed by atoms with van der Waals surface area (Å²) in [5, 5.41) is 13.5. The van der Waals surface area contributed by atoms with Gasteiger partial charge >= 0.3 is 0 Å². The van der Waals surface area contributed by atoms with E-state index in [1.165, 1.54) is 6.08 Å². The normalized spacial score (nSPS) is 11.1. The summed E-state index contributed by atoms with van der Waals surface area (Å²) in [4.78, 5) is 12.3. The monoisotopic (exact) mass is 416 g/mol. The van der Waals surface area contributed by atoms with E-state index in [1.54, 1.807) is 54.6 Å². The molecule has 4 nitrogen and oxygen atoms in total. The van der Waals surface area contributed by atoms with Crippen molar-refractivity contribution in [1.82, 2.24) is 0 Å². The van der Waals surface area contributed by atoms with Gasteiger partial charge in [-0.15, -0.1) is 0 Å². The topological polar surface area (TPSA) is 66.0 Å². The van der Waals surface area contributed by atoms with Gasteiger partial charge in [0.1, 0.15) is 23.2 Å². The van der Waals surface area contributed by atoms with E-state index in [9.17, 15) is 10.1 Å². The summed E-state index contributed by atoms with van der Waals surface area (Å²) in [7, 11) is 0. The molecule has 0 atom stereocenters. The molecule has 0 spiro atoms. The quantitative estimate of drug-likeness (QED) is 0.392. The number of carbonyl (C=O) groups excluding carboxylic acids is 1. The second-order valence-electron chi connectivity index (χ2n) is 5.46. The third kappa shape index (κ3) is 4.72. The Balaban J connectivity index is 1.83. The third-order valence-corrected chi connectivity index (χ3v) is 4.39. The lowest BCUT2D eigenvalue weighted by Crippen LogP contribution is -2.13. The molecule has 0 aliphatic carbocycles. The van der Waals surface area contributed by atoms with Crippen LogP contribution in [-0.4, -0.2) is 5.91 Å². The number of benzene rings is 2. The van der Waals surface area contributed by atoms with Crippen LogP contribution in [0.5, 0.6) is 0 Å². The highest BCUT2D eigenvalue weighted by atomic mass is 35.5. The van der Waals surface area contributed by atoms with E-state index < -0.39 is 5.91 Å². The first-order chi connectivity index (χ1) is 13.0. The van der Waals surface area contributed by atoms with Crippen molar-refractivity contribution in [3.63, 3.8) is 0 Å². The average Bonchev–Trinajstić information content (AvgIpc) is 3.12. The number of carbonyl (C=O) groups is 1. The molecule has 1 amide bonds. The first-order valence-electron chi connectivity index (χ1n) is 7.70. The fourth-order valence-corrected chi connectivity index (χ4v) is 2.79. The maximum atomic E-state index is 12.3. The van der Waals surface area contributed by atoms with Gasteiger partial charge in [0, 0.05) is 27.4 Å². The molecule has 27 heavy (non-hydrogen) atoms. The van der Waals surface area contributed by atoms with Crippen LogP contribution < -0.4 is 5.32 Å². The third-order valence-electron chi connectivity index (χ3n) is 3.57. The average molecular weight is 418 g/mol. The highest BCUT2D eigenvalue weighted by molar-refractivity contribution is 6.35. The Labute approximate surface area is 170 Å². The molecule has 3 rings (SSSR count). The molecule has 0 radical (unpaired) electrons. The first-order valence-corrected chi connectivity index (χ1v) is 8.83. The van der Waals surface area contributed by atoms with Crippen molar-refractivity contribution in [3.8, 4) is 17.4 Å². The highest BCUT2D eigenvalue weighted by Gasteiger charge is 2.13. The van der Waals surface area contributed by atoms with Crippen LogP contribution in [0.15, 0.2) is 64.6 Å². The van der Waals surface area contributed by atoms with Gasteiger partial charge in [-0.25, -0.2) is 0 Å². The standard InChI is InChI=1S/C20H11Cl3N2O2/c21-13-1-4-15(5-2-13)25-20(26)12(11-24)9-16-6-8-19(27-16)17-10-14(22)3-7-18(17)23/h1-10H,(H,25,26)/b12-9-. The summed E-state index contributed by atoms with van der Waals surface area (Å²) in [6, 6.07) is 16.8. The zero-order valence-corrected chi connectivity index (χ0v) is 15.9. The van der Waals surface area contributed by atoms with Crippen molar-refractivity contribution < 1.29 is 9.21 Å². The minimum absolute atomic E-state index is 0.108. The SMILES string of the molecule is N#C/C(=C/c1ccc(-c2cc(Cl)ccc2Cl)o1)C(=O)Nc1ccc(Cl)cc1. The van der Waals surface area contributed by atoms with E-state index in [4.69, 9.17) is 39.2 Å². The lowest BCUT2D eigenvalue weighted by atomic mass is 10.2. The molecule has 0 unspecified atom stereocenters. The predicted octanol–water partition coefficient (Wildman–Crippen LogP) is 6.45. The van der Waals surface area contributed by atoms with Gasteiger partial charge in [-0.05, 0) is 54.6 Å². The van der Waals surface area contributed by atoms with Crippen molar-refractivity contribution in [3.05, 3.63) is 81.0 Å². The van der Waals surface area contributed by atoms with E-state index in [2.05, 4.69) is 5.32 Å². The van der Waals surface area contributed by atoms with Gasteiger partial charge in [-0.1, -0.05) is 34.8 Å². The zero-order chi connectivity index (χ0) is 19.4. The van der Waals surface area contributed by atoms with Gasteiger partial charge in [-0.3, -0.25) is 4.79 Å². The van der Waals surface area contributed by atoms with Gasteiger partial charge < -0.3 is 9.73 Å². The Morgan fingerprint density at radius 2 is 1.70 bits per heavy atom. The van der Waals surface area contributed by atoms with E-state index >= 15 is 0 Å². The van der Waals surface area contributed by atoms with Gasteiger partial charge in [0.25, 0.3) is 5.91 Å². The molecule has 0 fully saturated rings. The summed E-state index contributed by atoms with van der Waals surface area (Å²) < 4.78 is 5.69. The number of rotatable bonds is 4. The molecular weight excluding hydrogens is 407 g/mol. The number of hydrogen-bond acceptors (Lipinski definition) is 3. The number of nitriles is 1. The molecule has 0 aliphatic heterocycles. The van der Waals surface area contributed by atoms with Crippen molar-refractivity contribution in [2.75, 3.05) is 5.32 Å². The van der Waals surface area contributed by atoms with Crippen molar-refractivity contribution >= 4 is 52.5 Å². The number of anilines is 1. The van der Waals surface area contributed by atoms with Crippen LogP contribution >= 0.6 is 34.8 Å². The Hall–Kier alpha value is -2.71. The van der Waals surface area contributed by atoms with Crippen LogP contribution in [0.3, 0.4) is 0 Å². The summed E-state index contributed by atoms with van der Waals surface area (Å²) in [5.41, 5.74) is 1.03. The second-order valence-corrected chi connectivity index (χ2v) is 6.74. The van der Waals surface area contributed by atoms with E-state index in [1.807, 2.05) is 6.07 Å². The number of halogens is 3. The van der Waals surface area contributed by atoms with Crippen LogP contribution in [0.4, 0.5) is 5.69 Å². The smallest absolute Gasteiger partial charge is 0.266 e. The van der Waals surface area contributed by atoms with Crippen LogP contribution in [0, 0.1) is 11.3 Å². The molecular formula is C20H11Cl3N2O2. The minimum Gasteiger partial charge on any atom is -0.457 e. The fourth-order valence-electron chi connectivity index (χ4n) is 2.28. The number of nitrogens with zero attached hydrogens (tertiary/aromatic N) is 1. The largest absolute Gasteiger partial charge is 0.457 e. The molecule has 3 aromatic rings. The van der Waals surface area contributed by atoms with Crippen molar-refractivity contribution in [1.29, 1.82) is 5.26 Å². The molecule has 0 saturated carbocycles. The summed E-state index contributed by atoms with van der Waals surface area (Å²) in [6.07, 6.45) is 1.35. The Morgan fingerprint density at radius 3 is 2.41 bits per heavy atom. The second kappa shape index (κ2) is 8.32. The van der Waals surface area contributed by atoms with E-state index in [0.717, 1.165) is 0 Å². The summed E-state index contributed by atoms with van der Waals surface area (Å²) in [6.45, 7) is 0. The molecule has 134 valence electrons. The summed E-state index contributed by atoms with van der Waals surface area (Å²) >= 11 is 18.0. The zero-order valence-electron chi connectivity index (χ0n) is 13.7. The lowest BCUT2D eigenvalue weighted by Gasteiger charge is -2.04. The number of furan rings is 1. The summed E-state index contributed by atoms with van der Waals surface area (Å²) in [5.74, 6) is 0.256. The van der Waals surface area contributed by atoms with E-state index in [-0.39, 0.29) is 5.57 Å². The minimum atomic E-state index is -0.557. The molecule has 0 aliphatic rings. The fraction of sp³-hybridized carbons (Fsp3) is 0. The van der Waals surface area contributed by atoms with Crippen LogP contribution in [-0.2, 0) is 4.79 Å². The first kappa shape index (κ1) is 19.1. The van der Waals surface area contributed by atoms with Gasteiger partial charge in [-0.2, -0.15) is 5.26 Å². The number of hydrogen-bond donors (Lipinski definition) is 1. The van der Waals surface area contributed by atoms with Crippen LogP contribution in [0.25, 0.3) is 17.4 Å². The van der Waals surface area contributed by atoms with E-state index in [0.29, 0.717) is 37.8 Å². The maximum absolute atomic E-state index is 12.3. The van der Waals surface area contributed by atoms with Crippen molar-refractivity contribution in [2.24, 2.45) is 0 Å². The molecule has 7 heteroatoms. The van der Waals surface area contributed by atoms with Gasteiger partial charge in [0.05, 0.1) is 5.02 Å². The predicted molar refractivity (Wildman–Crippen MR) is 108 cm³/mol. The lowest BCUT2D eigenvalue weighted by molar-refractivity contribution is -0.112. The molecule has 0 bridgehead atoms. The van der Waals surface area contributed by atoms with Gasteiger partial charge in [0.15, 0.2) is 0 Å². The molecule has 2 aromatic carbocycles. The Kier molecular flexibility index (Phi) is 5.88. The molecule has 0 saturated heterocycles. The Morgan fingerprint density at radius 1 is 1.00 bits per heavy atom. The number of amides is 1. The Bertz CT molecular complexity index is 1060. The number of nitrogens with one attached hydrogen (secondary N) is 1. The maximum Gasteiger partial charge on any atom is 0.266 e. The molecule has 1 heterocycles. The molecule has 1 N–H and O–H groups in total. The van der Waals surface area contributed by atoms with Gasteiger partial charge in [0.2, 0.25) is 0 Å². The molecule has 1 aromatic heterocycles. The van der Waals surface area contributed by atoms with Crippen molar-refractivity contribution in [2.45, 2.75) is 0 Å².